The quantitative estimate of drug-likeness (QED) is 0.886. The zero-order valence-electron chi connectivity index (χ0n) is 11.6. The second-order valence-electron chi connectivity index (χ2n) is 5.51. The average Bonchev–Trinajstić information content (AvgIpc) is 3.09. The molecule has 0 fully saturated rings. The third-order valence-corrected chi connectivity index (χ3v) is 4.09. The Bertz CT molecular complexity index is 544. The van der Waals surface area contributed by atoms with E-state index in [1.54, 1.807) is 6.26 Å². The van der Waals surface area contributed by atoms with Gasteiger partial charge in [0, 0.05) is 6.04 Å². The van der Waals surface area contributed by atoms with Gasteiger partial charge >= 0.3 is 0 Å². The minimum absolute atomic E-state index is 0.234. The van der Waals surface area contributed by atoms with Crippen molar-refractivity contribution in [3.63, 3.8) is 0 Å². The summed E-state index contributed by atoms with van der Waals surface area (Å²) in [6.07, 6.45) is 5.53. The molecule has 1 aromatic heterocycles. The van der Waals surface area contributed by atoms with E-state index >= 15 is 0 Å². The summed E-state index contributed by atoms with van der Waals surface area (Å²) < 4.78 is 5.44. The Morgan fingerprint density at radius 2 is 1.89 bits per heavy atom. The fraction of sp³-hybridized carbons (Fsp3) is 0.412. The fourth-order valence-electron chi connectivity index (χ4n) is 2.95. The van der Waals surface area contributed by atoms with E-state index in [2.05, 4.69) is 37.4 Å². The first kappa shape index (κ1) is 12.5. The first-order chi connectivity index (χ1) is 9.24. The number of nitrogens with one attached hydrogen (secondary N) is 1. The van der Waals surface area contributed by atoms with Crippen molar-refractivity contribution < 1.29 is 4.42 Å². The van der Waals surface area contributed by atoms with Gasteiger partial charge in [-0.2, -0.15) is 0 Å². The van der Waals surface area contributed by atoms with Gasteiger partial charge in [0.2, 0.25) is 0 Å². The largest absolute Gasteiger partial charge is 0.468 e. The molecule has 0 bridgehead atoms. The summed E-state index contributed by atoms with van der Waals surface area (Å²) in [4.78, 5) is 0. The Labute approximate surface area is 114 Å². The van der Waals surface area contributed by atoms with Crippen LogP contribution in [0.15, 0.2) is 41.0 Å². The minimum atomic E-state index is 0.234. The molecular weight excluding hydrogens is 234 g/mol. The van der Waals surface area contributed by atoms with Gasteiger partial charge in [-0.1, -0.05) is 18.2 Å². The SMILES string of the molecule is CC(NC(C)c1ccco1)c1ccc2c(c1)CCC2. The molecule has 0 saturated carbocycles. The van der Waals surface area contributed by atoms with Crippen LogP contribution in [0.4, 0.5) is 0 Å². The number of furan rings is 1. The van der Waals surface area contributed by atoms with Gasteiger partial charge in [0.05, 0.1) is 12.3 Å². The van der Waals surface area contributed by atoms with E-state index in [4.69, 9.17) is 4.42 Å². The monoisotopic (exact) mass is 255 g/mol. The van der Waals surface area contributed by atoms with Gasteiger partial charge < -0.3 is 9.73 Å². The molecular formula is C17H21NO. The van der Waals surface area contributed by atoms with Crippen LogP contribution in [0.1, 0.15) is 54.8 Å². The molecule has 0 amide bonds. The highest BCUT2D eigenvalue weighted by Crippen LogP contribution is 2.26. The summed E-state index contributed by atoms with van der Waals surface area (Å²) in [5.74, 6) is 0.994. The maximum absolute atomic E-state index is 5.44. The van der Waals surface area contributed by atoms with E-state index in [-0.39, 0.29) is 6.04 Å². The zero-order chi connectivity index (χ0) is 13.2. The van der Waals surface area contributed by atoms with Gasteiger partial charge in [0.15, 0.2) is 0 Å². The van der Waals surface area contributed by atoms with Crippen LogP contribution in [0, 0.1) is 0 Å². The smallest absolute Gasteiger partial charge is 0.120 e. The maximum Gasteiger partial charge on any atom is 0.120 e. The topological polar surface area (TPSA) is 25.2 Å². The van der Waals surface area contributed by atoms with Crippen molar-refractivity contribution in [1.29, 1.82) is 0 Å². The van der Waals surface area contributed by atoms with Crippen LogP contribution >= 0.6 is 0 Å². The van der Waals surface area contributed by atoms with Crippen molar-refractivity contribution >= 4 is 0 Å². The van der Waals surface area contributed by atoms with E-state index in [0.29, 0.717) is 6.04 Å². The van der Waals surface area contributed by atoms with Crippen LogP contribution < -0.4 is 5.32 Å². The van der Waals surface area contributed by atoms with Crippen LogP contribution in [0.5, 0.6) is 0 Å². The van der Waals surface area contributed by atoms with Crippen molar-refractivity contribution in [3.8, 4) is 0 Å². The third-order valence-electron chi connectivity index (χ3n) is 4.09. The Morgan fingerprint density at radius 3 is 2.68 bits per heavy atom. The molecule has 2 atom stereocenters. The minimum Gasteiger partial charge on any atom is -0.468 e. The van der Waals surface area contributed by atoms with Gasteiger partial charge in [0.1, 0.15) is 5.76 Å². The lowest BCUT2D eigenvalue weighted by Gasteiger charge is -2.19. The van der Waals surface area contributed by atoms with Crippen LogP contribution in [0.25, 0.3) is 0 Å². The number of fused-ring (bicyclic) bond motifs is 1. The molecule has 0 aliphatic heterocycles. The summed E-state index contributed by atoms with van der Waals surface area (Å²) in [5.41, 5.74) is 4.45. The molecule has 1 heterocycles. The molecule has 0 radical (unpaired) electrons. The van der Waals surface area contributed by atoms with Crippen molar-refractivity contribution in [2.24, 2.45) is 0 Å². The van der Waals surface area contributed by atoms with Crippen LogP contribution in [-0.4, -0.2) is 0 Å². The van der Waals surface area contributed by atoms with E-state index in [9.17, 15) is 0 Å². The fourth-order valence-corrected chi connectivity index (χ4v) is 2.95. The standard InChI is InChI=1S/C17H21NO/c1-12(18-13(2)17-7-4-10-19-17)15-9-8-14-5-3-6-16(14)11-15/h4,7-13,18H,3,5-6H2,1-2H3. The van der Waals surface area contributed by atoms with Gasteiger partial charge in [-0.05, 0) is 61.9 Å². The van der Waals surface area contributed by atoms with E-state index in [1.165, 1.54) is 36.0 Å². The number of hydrogen-bond acceptors (Lipinski definition) is 2. The Morgan fingerprint density at radius 1 is 1.05 bits per heavy atom. The lowest BCUT2D eigenvalue weighted by atomic mass is 10.0. The Hall–Kier alpha value is -1.54. The van der Waals surface area contributed by atoms with Crippen molar-refractivity contribution in [2.45, 2.75) is 45.2 Å². The number of hydrogen-bond donors (Lipinski definition) is 1. The zero-order valence-corrected chi connectivity index (χ0v) is 11.6. The molecule has 100 valence electrons. The molecule has 2 unspecified atom stereocenters. The first-order valence-electron chi connectivity index (χ1n) is 7.15. The average molecular weight is 255 g/mol. The van der Waals surface area contributed by atoms with E-state index in [1.807, 2.05) is 12.1 Å². The number of benzene rings is 1. The lowest BCUT2D eigenvalue weighted by Crippen LogP contribution is -2.22. The van der Waals surface area contributed by atoms with Crippen molar-refractivity contribution in [3.05, 3.63) is 59.0 Å². The molecule has 2 aromatic rings. The molecule has 2 nitrogen and oxygen atoms in total. The summed E-state index contributed by atoms with van der Waals surface area (Å²) in [7, 11) is 0. The van der Waals surface area contributed by atoms with Gasteiger partial charge in [0.25, 0.3) is 0 Å². The number of aryl methyl sites for hydroxylation is 2. The molecule has 3 rings (SSSR count). The first-order valence-corrected chi connectivity index (χ1v) is 7.15. The highest BCUT2D eigenvalue weighted by atomic mass is 16.3. The van der Waals surface area contributed by atoms with Crippen molar-refractivity contribution in [1.82, 2.24) is 5.32 Å². The predicted octanol–water partition coefficient (Wildman–Crippen LogP) is 4.18. The van der Waals surface area contributed by atoms with Crippen LogP contribution in [0.3, 0.4) is 0 Å². The lowest BCUT2D eigenvalue weighted by molar-refractivity contribution is 0.403. The molecule has 0 saturated heterocycles. The van der Waals surface area contributed by atoms with E-state index < -0.39 is 0 Å². The molecule has 1 N–H and O–H groups in total. The van der Waals surface area contributed by atoms with Gasteiger partial charge in [-0.25, -0.2) is 0 Å². The second kappa shape index (κ2) is 5.22. The third kappa shape index (κ3) is 2.59. The summed E-state index contributed by atoms with van der Waals surface area (Å²) in [6.45, 7) is 4.36. The van der Waals surface area contributed by atoms with Gasteiger partial charge in [-0.3, -0.25) is 0 Å². The molecule has 2 heteroatoms. The highest BCUT2D eigenvalue weighted by molar-refractivity contribution is 5.36. The molecule has 1 aliphatic carbocycles. The molecule has 1 aromatic carbocycles. The second-order valence-corrected chi connectivity index (χ2v) is 5.51. The Kier molecular flexibility index (Phi) is 3.43. The number of rotatable bonds is 4. The molecule has 19 heavy (non-hydrogen) atoms. The molecule has 1 aliphatic rings. The van der Waals surface area contributed by atoms with E-state index in [0.717, 1.165) is 5.76 Å². The van der Waals surface area contributed by atoms with Gasteiger partial charge in [-0.15, -0.1) is 0 Å². The summed E-state index contributed by atoms with van der Waals surface area (Å²) in [6, 6.07) is 11.5. The van der Waals surface area contributed by atoms with Crippen LogP contribution in [0.2, 0.25) is 0 Å². The predicted molar refractivity (Wildman–Crippen MR) is 77.1 cm³/mol. The Balaban J connectivity index is 1.72. The molecule has 0 spiro atoms. The normalized spacial score (nSPS) is 17.2. The summed E-state index contributed by atoms with van der Waals surface area (Å²) >= 11 is 0. The highest BCUT2D eigenvalue weighted by Gasteiger charge is 2.16. The summed E-state index contributed by atoms with van der Waals surface area (Å²) in [5, 5.41) is 3.60. The maximum atomic E-state index is 5.44. The van der Waals surface area contributed by atoms with Crippen molar-refractivity contribution in [2.75, 3.05) is 0 Å². The van der Waals surface area contributed by atoms with Crippen LogP contribution in [-0.2, 0) is 12.8 Å².